The first-order valence-corrected chi connectivity index (χ1v) is 10.2. The highest BCUT2D eigenvalue weighted by atomic mass is 19.1. The molecule has 3 aromatic rings. The summed E-state index contributed by atoms with van der Waals surface area (Å²) in [6.07, 6.45) is 1.81. The van der Waals surface area contributed by atoms with Gasteiger partial charge in [0.15, 0.2) is 0 Å². The average molecular weight is 440 g/mol. The monoisotopic (exact) mass is 440 g/mol. The number of pyridine rings is 1. The Morgan fingerprint density at radius 2 is 1.97 bits per heavy atom. The predicted octanol–water partition coefficient (Wildman–Crippen LogP) is 1.93. The Kier molecular flexibility index (Phi) is 5.60. The van der Waals surface area contributed by atoms with Gasteiger partial charge < -0.3 is 10.1 Å². The molecule has 0 radical (unpaired) electrons. The topological polar surface area (TPSA) is 112 Å². The van der Waals surface area contributed by atoms with Crippen molar-refractivity contribution in [3.63, 3.8) is 0 Å². The van der Waals surface area contributed by atoms with Crippen LogP contribution >= 0.6 is 0 Å². The summed E-state index contributed by atoms with van der Waals surface area (Å²) in [7, 11) is 1.41. The molecule has 1 aliphatic carbocycles. The molecule has 1 aliphatic rings. The van der Waals surface area contributed by atoms with Gasteiger partial charge in [-0.15, -0.1) is 0 Å². The Morgan fingerprint density at radius 3 is 2.62 bits per heavy atom. The lowest BCUT2D eigenvalue weighted by Crippen LogP contribution is -2.42. The lowest BCUT2D eigenvalue weighted by Gasteiger charge is -2.14. The number of aromatic nitrogens is 3. The molecular formula is C22H21FN4O5. The quantitative estimate of drug-likeness (QED) is 0.586. The van der Waals surface area contributed by atoms with Crippen molar-refractivity contribution in [2.24, 2.45) is 7.05 Å². The van der Waals surface area contributed by atoms with E-state index in [1.54, 1.807) is 6.92 Å². The molecule has 2 aromatic heterocycles. The highest BCUT2D eigenvalue weighted by molar-refractivity contribution is 6.02. The van der Waals surface area contributed by atoms with Gasteiger partial charge in [0.05, 0.1) is 23.2 Å². The van der Waals surface area contributed by atoms with Crippen LogP contribution in [0.5, 0.6) is 0 Å². The van der Waals surface area contributed by atoms with E-state index in [2.05, 4.69) is 10.3 Å². The van der Waals surface area contributed by atoms with Crippen molar-refractivity contribution in [1.82, 2.24) is 14.1 Å². The second-order valence-corrected chi connectivity index (χ2v) is 7.55. The maximum absolute atomic E-state index is 13.8. The van der Waals surface area contributed by atoms with Crippen molar-refractivity contribution in [3.05, 3.63) is 68.2 Å². The molecule has 0 unspecified atom stereocenters. The molecule has 1 fully saturated rings. The highest BCUT2D eigenvalue weighted by Crippen LogP contribution is 2.39. The Balaban J connectivity index is 1.83. The first kappa shape index (κ1) is 21.4. The average Bonchev–Trinajstić information content (AvgIpc) is 3.61. The highest BCUT2D eigenvalue weighted by Gasteiger charge is 2.29. The van der Waals surface area contributed by atoms with E-state index in [4.69, 9.17) is 4.74 Å². The molecule has 0 aliphatic heterocycles. The number of para-hydroxylation sites is 1. The summed E-state index contributed by atoms with van der Waals surface area (Å²) in [6, 6.07) is 7.05. The predicted molar refractivity (Wildman–Crippen MR) is 114 cm³/mol. The SMILES string of the molecule is CCOC(=O)c1cc(C2CC2)nc2c1c(=O)n(CC(=O)Nc1ccccc1F)c(=O)n2C. The minimum Gasteiger partial charge on any atom is -0.462 e. The van der Waals surface area contributed by atoms with E-state index >= 15 is 0 Å². The number of carbonyl (C=O) groups excluding carboxylic acids is 2. The Bertz CT molecular complexity index is 1360. The second kappa shape index (κ2) is 8.37. The van der Waals surface area contributed by atoms with Gasteiger partial charge in [-0.25, -0.2) is 19.0 Å². The Morgan fingerprint density at radius 1 is 1.25 bits per heavy atom. The minimum absolute atomic E-state index is 0.00242. The summed E-state index contributed by atoms with van der Waals surface area (Å²) in [5.41, 5.74) is -1.02. The maximum atomic E-state index is 13.8. The molecule has 1 aromatic carbocycles. The van der Waals surface area contributed by atoms with Gasteiger partial charge in [-0.2, -0.15) is 0 Å². The van der Waals surface area contributed by atoms with Crippen molar-refractivity contribution in [2.45, 2.75) is 32.2 Å². The summed E-state index contributed by atoms with van der Waals surface area (Å²) >= 11 is 0. The van der Waals surface area contributed by atoms with Crippen LogP contribution < -0.4 is 16.6 Å². The third-order valence-electron chi connectivity index (χ3n) is 5.26. The van der Waals surface area contributed by atoms with Gasteiger partial charge in [0.2, 0.25) is 5.91 Å². The van der Waals surface area contributed by atoms with Crippen LogP contribution in [0.1, 0.15) is 41.7 Å². The van der Waals surface area contributed by atoms with E-state index in [-0.39, 0.29) is 34.8 Å². The molecular weight excluding hydrogens is 419 g/mol. The zero-order valence-corrected chi connectivity index (χ0v) is 17.6. The first-order chi connectivity index (χ1) is 15.3. The first-order valence-electron chi connectivity index (χ1n) is 10.2. The zero-order chi connectivity index (χ0) is 23.0. The molecule has 1 N–H and O–H groups in total. The summed E-state index contributed by atoms with van der Waals surface area (Å²) in [6.45, 7) is 1.08. The molecule has 0 atom stereocenters. The summed E-state index contributed by atoms with van der Waals surface area (Å²) in [5.74, 6) is -1.97. The van der Waals surface area contributed by atoms with Gasteiger partial charge in [0, 0.05) is 18.7 Å². The van der Waals surface area contributed by atoms with Crippen molar-refractivity contribution >= 4 is 28.6 Å². The number of aryl methyl sites for hydroxylation is 1. The fourth-order valence-corrected chi connectivity index (χ4v) is 3.49. The fourth-order valence-electron chi connectivity index (χ4n) is 3.49. The number of rotatable bonds is 6. The van der Waals surface area contributed by atoms with E-state index in [1.165, 1.54) is 37.4 Å². The fraction of sp³-hybridized carbons (Fsp3) is 0.318. The molecule has 32 heavy (non-hydrogen) atoms. The van der Waals surface area contributed by atoms with Crippen LogP contribution in [0.2, 0.25) is 0 Å². The molecule has 1 amide bonds. The number of halogens is 1. The van der Waals surface area contributed by atoms with E-state index in [9.17, 15) is 23.6 Å². The summed E-state index contributed by atoms with van der Waals surface area (Å²) in [4.78, 5) is 55.6. The summed E-state index contributed by atoms with van der Waals surface area (Å²) in [5, 5.41) is 2.24. The third kappa shape index (κ3) is 3.91. The van der Waals surface area contributed by atoms with E-state index in [1.807, 2.05) is 0 Å². The van der Waals surface area contributed by atoms with E-state index < -0.39 is 35.5 Å². The largest absolute Gasteiger partial charge is 0.462 e. The number of nitrogens with one attached hydrogen (secondary N) is 1. The van der Waals surface area contributed by atoms with Gasteiger partial charge >= 0.3 is 11.7 Å². The van der Waals surface area contributed by atoms with Crippen molar-refractivity contribution in [3.8, 4) is 0 Å². The molecule has 2 heterocycles. The molecule has 1 saturated carbocycles. The van der Waals surface area contributed by atoms with E-state index in [0.717, 1.165) is 17.4 Å². The van der Waals surface area contributed by atoms with Gasteiger partial charge in [0.25, 0.3) is 5.56 Å². The molecule has 0 spiro atoms. The third-order valence-corrected chi connectivity index (χ3v) is 5.26. The van der Waals surface area contributed by atoms with Gasteiger partial charge in [0.1, 0.15) is 18.0 Å². The van der Waals surface area contributed by atoms with Crippen LogP contribution in [0.4, 0.5) is 10.1 Å². The van der Waals surface area contributed by atoms with Gasteiger partial charge in [-0.3, -0.25) is 18.7 Å². The van der Waals surface area contributed by atoms with Crippen molar-refractivity contribution in [2.75, 3.05) is 11.9 Å². The molecule has 10 heteroatoms. The second-order valence-electron chi connectivity index (χ2n) is 7.55. The molecule has 4 rings (SSSR count). The van der Waals surface area contributed by atoms with Crippen LogP contribution in [-0.2, 0) is 23.1 Å². The number of esters is 1. The number of anilines is 1. The number of hydrogen-bond donors (Lipinski definition) is 1. The summed E-state index contributed by atoms with van der Waals surface area (Å²) < 4.78 is 20.8. The number of benzene rings is 1. The Labute approximate surface area is 181 Å². The zero-order valence-electron chi connectivity index (χ0n) is 17.6. The number of fused-ring (bicyclic) bond motifs is 1. The van der Waals surface area contributed by atoms with Crippen LogP contribution in [0.25, 0.3) is 11.0 Å². The minimum atomic E-state index is -0.843. The standard InChI is InChI=1S/C22H21FN4O5/c1-3-32-21(30)13-10-16(12-8-9-12)25-19-18(13)20(29)27(22(31)26(19)2)11-17(28)24-15-7-5-4-6-14(15)23/h4-7,10,12H,3,8-9,11H2,1-2H3,(H,24,28). The number of hydrogen-bond acceptors (Lipinski definition) is 6. The Hall–Kier alpha value is -3.82. The smallest absolute Gasteiger partial charge is 0.339 e. The van der Waals surface area contributed by atoms with Crippen LogP contribution in [0.15, 0.2) is 39.9 Å². The normalized spacial score (nSPS) is 13.2. The molecule has 0 bridgehead atoms. The molecule has 0 saturated heterocycles. The van der Waals surface area contributed by atoms with Crippen LogP contribution in [0, 0.1) is 5.82 Å². The van der Waals surface area contributed by atoms with Gasteiger partial charge in [-0.1, -0.05) is 12.1 Å². The van der Waals surface area contributed by atoms with Crippen molar-refractivity contribution in [1.29, 1.82) is 0 Å². The lowest BCUT2D eigenvalue weighted by molar-refractivity contribution is -0.116. The van der Waals surface area contributed by atoms with Gasteiger partial charge in [-0.05, 0) is 38.0 Å². The molecule has 166 valence electrons. The number of nitrogens with zero attached hydrogens (tertiary/aromatic N) is 3. The van der Waals surface area contributed by atoms with Crippen LogP contribution in [-0.4, -0.2) is 32.6 Å². The maximum Gasteiger partial charge on any atom is 0.339 e. The van der Waals surface area contributed by atoms with Crippen molar-refractivity contribution < 1.29 is 18.7 Å². The van der Waals surface area contributed by atoms with Crippen LogP contribution in [0.3, 0.4) is 0 Å². The molecule has 9 nitrogen and oxygen atoms in total. The number of ether oxygens (including phenoxy) is 1. The number of amides is 1. The van der Waals surface area contributed by atoms with E-state index in [0.29, 0.717) is 10.3 Å². The lowest BCUT2D eigenvalue weighted by atomic mass is 10.1. The number of carbonyl (C=O) groups is 2.